The normalized spacial score (nSPS) is 32.0. The van der Waals surface area contributed by atoms with Gasteiger partial charge in [0.1, 0.15) is 0 Å². The van der Waals surface area contributed by atoms with Crippen molar-refractivity contribution in [1.29, 1.82) is 0 Å². The molecule has 5 nitrogen and oxygen atoms in total. The van der Waals surface area contributed by atoms with Crippen molar-refractivity contribution in [2.75, 3.05) is 13.1 Å². The van der Waals surface area contributed by atoms with E-state index in [9.17, 15) is 0 Å². The minimum atomic E-state index is 0.790. The molecule has 2 bridgehead atoms. The highest BCUT2D eigenvalue weighted by Crippen LogP contribution is 2.22. The Morgan fingerprint density at radius 3 is 2.83 bits per heavy atom. The largest absolute Gasteiger partial charge is 0.277 e. The van der Waals surface area contributed by atoms with Gasteiger partial charge in [0.15, 0.2) is 0 Å². The molecule has 1 atom stereocenters. The van der Waals surface area contributed by atoms with E-state index >= 15 is 0 Å². The van der Waals surface area contributed by atoms with Crippen LogP contribution in [0, 0.1) is 5.92 Å². The van der Waals surface area contributed by atoms with Gasteiger partial charge in [0.25, 0.3) is 0 Å². The zero-order valence-corrected chi connectivity index (χ0v) is 11.0. The molecule has 0 aliphatic carbocycles. The number of piperidine rings is 1. The van der Waals surface area contributed by atoms with Crippen LogP contribution < -0.4 is 0 Å². The lowest BCUT2D eigenvalue weighted by Crippen LogP contribution is -2.31. The van der Waals surface area contributed by atoms with E-state index in [2.05, 4.69) is 26.9 Å². The molecule has 0 aromatic heterocycles. The first-order chi connectivity index (χ1) is 8.95. The van der Waals surface area contributed by atoms with Crippen molar-refractivity contribution in [2.45, 2.75) is 51.4 Å². The summed E-state index contributed by atoms with van der Waals surface area (Å²) in [6.45, 7) is 2.04. The van der Waals surface area contributed by atoms with Crippen LogP contribution in [0.3, 0.4) is 0 Å². The van der Waals surface area contributed by atoms with Gasteiger partial charge in [-0.05, 0) is 53.7 Å². The van der Waals surface area contributed by atoms with E-state index in [0.29, 0.717) is 0 Å². The third kappa shape index (κ3) is 4.94. The molecule has 0 aromatic carbocycles. The molecule has 0 amide bonds. The van der Waals surface area contributed by atoms with E-state index in [1.54, 1.807) is 6.20 Å². The molecule has 1 unspecified atom stereocenters. The van der Waals surface area contributed by atoms with Crippen molar-refractivity contribution < 1.29 is 0 Å². The van der Waals surface area contributed by atoms with Gasteiger partial charge in [-0.25, -0.2) is 0 Å². The summed E-state index contributed by atoms with van der Waals surface area (Å²) in [6.07, 6.45) is 14.1. The highest BCUT2D eigenvalue weighted by Gasteiger charge is 2.18. The summed E-state index contributed by atoms with van der Waals surface area (Å²) >= 11 is 0. The predicted octanol–water partition coefficient (Wildman–Crippen LogP) is 4.30. The number of fused-ring (bicyclic) bond motifs is 2. The number of allylic oxidation sites excluding steroid dienone is 1. The average molecular weight is 249 g/mol. The Morgan fingerprint density at radius 2 is 1.83 bits per heavy atom. The molecule has 2 rings (SSSR count). The van der Waals surface area contributed by atoms with Crippen LogP contribution in [-0.4, -0.2) is 18.1 Å². The summed E-state index contributed by atoms with van der Waals surface area (Å²) in [5.41, 5.74) is 0. The van der Waals surface area contributed by atoms with Crippen LogP contribution >= 0.6 is 0 Å². The summed E-state index contributed by atoms with van der Waals surface area (Å²) in [7, 11) is 0. The summed E-state index contributed by atoms with van der Waals surface area (Å²) < 4.78 is 0. The minimum Gasteiger partial charge on any atom is -0.277 e. The maximum absolute atomic E-state index is 4.12. The van der Waals surface area contributed by atoms with E-state index in [1.807, 2.05) is 5.01 Å². The zero-order chi connectivity index (χ0) is 12.5. The SMILES string of the molecule is C1=C/N=N\N=N\N2CCCC(CCCCCC/1)C2. The van der Waals surface area contributed by atoms with Gasteiger partial charge in [-0.15, -0.1) is 5.11 Å². The van der Waals surface area contributed by atoms with E-state index in [1.165, 1.54) is 44.9 Å². The fourth-order valence-corrected chi connectivity index (χ4v) is 2.66. The summed E-state index contributed by atoms with van der Waals surface area (Å²) in [5, 5.41) is 17.4. The second-order valence-corrected chi connectivity index (χ2v) is 5.18. The standard InChI is InChI=1S/C13H23N5/c1-2-4-6-10-14-15-16-17-18-11-7-9-13(12-18)8-5-3-1/h6,10,13H,1-5,7-9,11-12H2/b10-6+,15-14-,17-16+. The first-order valence-corrected chi connectivity index (χ1v) is 7.16. The van der Waals surface area contributed by atoms with Gasteiger partial charge in [0, 0.05) is 19.3 Å². The van der Waals surface area contributed by atoms with Crippen molar-refractivity contribution >= 4 is 0 Å². The third-order valence-corrected chi connectivity index (χ3v) is 3.66. The van der Waals surface area contributed by atoms with E-state index < -0.39 is 0 Å². The van der Waals surface area contributed by atoms with Crippen LogP contribution in [-0.2, 0) is 0 Å². The van der Waals surface area contributed by atoms with Gasteiger partial charge in [0.2, 0.25) is 0 Å². The molecular formula is C13H23N5. The lowest BCUT2D eigenvalue weighted by Gasteiger charge is -2.29. The van der Waals surface area contributed by atoms with Crippen molar-refractivity contribution in [3.8, 4) is 0 Å². The van der Waals surface area contributed by atoms with E-state index in [0.717, 1.165) is 25.4 Å². The van der Waals surface area contributed by atoms with Crippen LogP contribution in [0.1, 0.15) is 51.4 Å². The fraction of sp³-hybridized carbons (Fsp3) is 0.846. The quantitative estimate of drug-likeness (QED) is 0.631. The maximum atomic E-state index is 4.12. The van der Waals surface area contributed by atoms with Crippen LogP contribution in [0.2, 0.25) is 0 Å². The Morgan fingerprint density at radius 1 is 0.944 bits per heavy atom. The molecule has 1 fully saturated rings. The molecule has 0 spiro atoms. The number of rotatable bonds is 0. The second kappa shape index (κ2) is 7.95. The Bertz CT molecular complexity index is 311. The monoisotopic (exact) mass is 249 g/mol. The predicted molar refractivity (Wildman–Crippen MR) is 70.9 cm³/mol. The molecule has 18 heavy (non-hydrogen) atoms. The molecule has 0 radical (unpaired) electrons. The molecule has 1 saturated heterocycles. The molecule has 2 heterocycles. The molecule has 2 aliphatic heterocycles. The Balaban J connectivity index is 1.89. The van der Waals surface area contributed by atoms with Crippen LogP contribution in [0.25, 0.3) is 0 Å². The Labute approximate surface area is 109 Å². The van der Waals surface area contributed by atoms with Gasteiger partial charge in [0.05, 0.1) is 0 Å². The highest BCUT2D eigenvalue weighted by molar-refractivity contribution is 4.77. The molecule has 100 valence electrons. The zero-order valence-electron chi connectivity index (χ0n) is 11.0. The number of nitrogens with zero attached hydrogens (tertiary/aromatic N) is 5. The maximum Gasteiger partial charge on any atom is 0.0474 e. The van der Waals surface area contributed by atoms with E-state index in [-0.39, 0.29) is 0 Å². The molecule has 5 heteroatoms. The Hall–Kier alpha value is -1.26. The highest BCUT2D eigenvalue weighted by atomic mass is 15.6. The molecule has 2 aliphatic rings. The molecule has 0 N–H and O–H groups in total. The second-order valence-electron chi connectivity index (χ2n) is 5.18. The lowest BCUT2D eigenvalue weighted by molar-refractivity contribution is 0.160. The molecule has 0 saturated carbocycles. The summed E-state index contributed by atoms with van der Waals surface area (Å²) in [6, 6.07) is 0. The average Bonchev–Trinajstić information content (AvgIpc) is 2.40. The van der Waals surface area contributed by atoms with Crippen molar-refractivity contribution in [3.05, 3.63) is 12.3 Å². The van der Waals surface area contributed by atoms with Crippen molar-refractivity contribution in [3.63, 3.8) is 0 Å². The van der Waals surface area contributed by atoms with Crippen LogP contribution in [0.4, 0.5) is 0 Å². The van der Waals surface area contributed by atoms with Crippen LogP contribution in [0.15, 0.2) is 33.1 Å². The Kier molecular flexibility index (Phi) is 5.82. The van der Waals surface area contributed by atoms with Crippen molar-refractivity contribution in [1.82, 2.24) is 5.01 Å². The van der Waals surface area contributed by atoms with Gasteiger partial charge in [-0.3, -0.25) is 5.01 Å². The molecule has 0 aromatic rings. The van der Waals surface area contributed by atoms with Gasteiger partial charge < -0.3 is 0 Å². The smallest absolute Gasteiger partial charge is 0.0474 e. The lowest BCUT2D eigenvalue weighted by atomic mass is 9.93. The van der Waals surface area contributed by atoms with Gasteiger partial charge >= 0.3 is 0 Å². The van der Waals surface area contributed by atoms with E-state index in [4.69, 9.17) is 0 Å². The number of hydrogen-bond donors (Lipinski definition) is 0. The third-order valence-electron chi connectivity index (χ3n) is 3.66. The van der Waals surface area contributed by atoms with Crippen LogP contribution in [0.5, 0.6) is 0 Å². The fourth-order valence-electron chi connectivity index (χ4n) is 2.66. The topological polar surface area (TPSA) is 52.7 Å². The summed E-state index contributed by atoms with van der Waals surface area (Å²) in [4.78, 5) is 0. The minimum absolute atomic E-state index is 0.790. The number of hydrogen-bond acceptors (Lipinski definition) is 5. The first kappa shape index (κ1) is 13.2. The summed E-state index contributed by atoms with van der Waals surface area (Å²) in [5.74, 6) is 0.790. The molecular weight excluding hydrogens is 226 g/mol. The van der Waals surface area contributed by atoms with Gasteiger partial charge in [-0.2, -0.15) is 0 Å². The van der Waals surface area contributed by atoms with Gasteiger partial charge in [-0.1, -0.05) is 25.3 Å². The van der Waals surface area contributed by atoms with Crippen molar-refractivity contribution in [2.24, 2.45) is 26.7 Å². The first-order valence-electron chi connectivity index (χ1n) is 7.16.